The Balaban J connectivity index is 2.36. The van der Waals surface area contributed by atoms with E-state index in [4.69, 9.17) is 15.2 Å². The summed E-state index contributed by atoms with van der Waals surface area (Å²) in [6.07, 6.45) is 2.55. The summed E-state index contributed by atoms with van der Waals surface area (Å²) in [5, 5.41) is 3.18. The van der Waals surface area contributed by atoms with Crippen molar-refractivity contribution >= 4 is 5.82 Å². The molecule has 5 nitrogen and oxygen atoms in total. The molecular weight excluding hydrogens is 206 g/mol. The van der Waals surface area contributed by atoms with Crippen LogP contribution in [0.1, 0.15) is 6.42 Å². The molecule has 0 aromatic carbocycles. The molecule has 0 spiro atoms. The maximum absolute atomic E-state index is 5.80. The van der Waals surface area contributed by atoms with Crippen molar-refractivity contribution in [2.24, 2.45) is 5.73 Å². The molecule has 1 atom stereocenters. The Kier molecular flexibility index (Phi) is 5.60. The van der Waals surface area contributed by atoms with Gasteiger partial charge in [-0.1, -0.05) is 0 Å². The lowest BCUT2D eigenvalue weighted by Gasteiger charge is -2.12. The average Bonchev–Trinajstić information content (AvgIpc) is 2.30. The van der Waals surface area contributed by atoms with E-state index in [9.17, 15) is 0 Å². The minimum Gasteiger partial charge on any atom is -0.493 e. The second-order valence-corrected chi connectivity index (χ2v) is 3.49. The molecule has 1 aromatic heterocycles. The van der Waals surface area contributed by atoms with Crippen LogP contribution in [0.15, 0.2) is 18.3 Å². The van der Waals surface area contributed by atoms with Crippen molar-refractivity contribution < 1.29 is 9.47 Å². The minimum absolute atomic E-state index is 0.0483. The van der Waals surface area contributed by atoms with Crippen LogP contribution in [0, 0.1) is 0 Å². The molecule has 90 valence electrons. The highest BCUT2D eigenvalue weighted by molar-refractivity contribution is 5.49. The first-order valence-electron chi connectivity index (χ1n) is 5.25. The van der Waals surface area contributed by atoms with Crippen molar-refractivity contribution in [3.63, 3.8) is 0 Å². The molecule has 16 heavy (non-hydrogen) atoms. The third-order valence-electron chi connectivity index (χ3n) is 2.18. The van der Waals surface area contributed by atoms with Crippen molar-refractivity contribution in [3.05, 3.63) is 18.3 Å². The number of rotatable bonds is 7. The summed E-state index contributed by atoms with van der Waals surface area (Å²) < 4.78 is 10.1. The highest BCUT2D eigenvalue weighted by Gasteiger charge is 2.04. The van der Waals surface area contributed by atoms with Gasteiger partial charge in [-0.2, -0.15) is 0 Å². The molecule has 0 bridgehead atoms. The van der Waals surface area contributed by atoms with Crippen LogP contribution in [0.5, 0.6) is 5.75 Å². The smallest absolute Gasteiger partial charge is 0.168 e. The molecule has 5 heteroatoms. The zero-order chi connectivity index (χ0) is 11.8. The Bertz CT molecular complexity index is 307. The number of nitrogens with one attached hydrogen (secondary N) is 1. The largest absolute Gasteiger partial charge is 0.493 e. The zero-order valence-corrected chi connectivity index (χ0v) is 9.77. The topological polar surface area (TPSA) is 69.4 Å². The highest BCUT2D eigenvalue weighted by atomic mass is 16.5. The fourth-order valence-corrected chi connectivity index (χ4v) is 1.36. The summed E-state index contributed by atoms with van der Waals surface area (Å²) in [7, 11) is 3.27. The van der Waals surface area contributed by atoms with Crippen LogP contribution >= 0.6 is 0 Å². The van der Waals surface area contributed by atoms with Gasteiger partial charge in [-0.3, -0.25) is 0 Å². The molecule has 1 aromatic rings. The number of pyridine rings is 1. The predicted molar refractivity (Wildman–Crippen MR) is 63.7 cm³/mol. The van der Waals surface area contributed by atoms with Gasteiger partial charge in [0.2, 0.25) is 0 Å². The van der Waals surface area contributed by atoms with E-state index in [2.05, 4.69) is 10.3 Å². The average molecular weight is 225 g/mol. The Labute approximate surface area is 96.0 Å². The summed E-state index contributed by atoms with van der Waals surface area (Å²) in [5.41, 5.74) is 5.80. The van der Waals surface area contributed by atoms with Gasteiger partial charge in [0, 0.05) is 25.9 Å². The fraction of sp³-hybridized carbons (Fsp3) is 0.545. The van der Waals surface area contributed by atoms with Gasteiger partial charge in [0.1, 0.15) is 0 Å². The van der Waals surface area contributed by atoms with Crippen LogP contribution in [0.25, 0.3) is 0 Å². The molecule has 0 amide bonds. The predicted octanol–water partition coefficient (Wildman–Crippen LogP) is 0.866. The Morgan fingerprint density at radius 1 is 1.50 bits per heavy atom. The quantitative estimate of drug-likeness (QED) is 0.720. The molecule has 1 heterocycles. The number of nitrogens with zero attached hydrogens (tertiary/aromatic N) is 1. The van der Waals surface area contributed by atoms with Gasteiger partial charge in [-0.05, 0) is 18.6 Å². The fourth-order valence-electron chi connectivity index (χ4n) is 1.36. The number of hydrogen-bond donors (Lipinski definition) is 2. The summed E-state index contributed by atoms with van der Waals surface area (Å²) >= 11 is 0. The molecule has 0 saturated heterocycles. The third-order valence-corrected chi connectivity index (χ3v) is 2.18. The molecule has 0 radical (unpaired) electrons. The molecule has 0 saturated carbocycles. The Morgan fingerprint density at radius 3 is 3.00 bits per heavy atom. The van der Waals surface area contributed by atoms with Gasteiger partial charge < -0.3 is 20.5 Å². The number of methoxy groups -OCH3 is 2. The number of nitrogens with two attached hydrogens (primary N) is 1. The van der Waals surface area contributed by atoms with Crippen LogP contribution in [0.3, 0.4) is 0 Å². The van der Waals surface area contributed by atoms with E-state index in [1.165, 1.54) is 0 Å². The van der Waals surface area contributed by atoms with Crippen molar-refractivity contribution in [2.75, 3.05) is 32.7 Å². The van der Waals surface area contributed by atoms with Gasteiger partial charge in [0.15, 0.2) is 11.6 Å². The monoisotopic (exact) mass is 225 g/mol. The first kappa shape index (κ1) is 12.7. The van der Waals surface area contributed by atoms with Crippen LogP contribution in [0.4, 0.5) is 5.82 Å². The maximum Gasteiger partial charge on any atom is 0.168 e. The molecule has 0 aliphatic carbocycles. The summed E-state index contributed by atoms with van der Waals surface area (Å²) in [4.78, 5) is 4.18. The van der Waals surface area contributed by atoms with E-state index in [-0.39, 0.29) is 6.04 Å². The third kappa shape index (κ3) is 4.04. The van der Waals surface area contributed by atoms with Crippen LogP contribution < -0.4 is 15.8 Å². The van der Waals surface area contributed by atoms with Gasteiger partial charge in [-0.25, -0.2) is 4.98 Å². The molecule has 0 fully saturated rings. The maximum atomic E-state index is 5.80. The highest BCUT2D eigenvalue weighted by Crippen LogP contribution is 2.19. The summed E-state index contributed by atoms with van der Waals surface area (Å²) in [6.45, 7) is 1.32. The van der Waals surface area contributed by atoms with E-state index in [1.807, 2.05) is 12.1 Å². The lowest BCUT2D eigenvalue weighted by atomic mass is 10.2. The molecule has 0 aliphatic heterocycles. The zero-order valence-electron chi connectivity index (χ0n) is 9.77. The van der Waals surface area contributed by atoms with E-state index < -0.39 is 0 Å². The first-order valence-corrected chi connectivity index (χ1v) is 5.25. The van der Waals surface area contributed by atoms with Crippen LogP contribution in [-0.4, -0.2) is 38.4 Å². The van der Waals surface area contributed by atoms with E-state index >= 15 is 0 Å². The van der Waals surface area contributed by atoms with Gasteiger partial charge in [0.05, 0.1) is 13.7 Å². The Morgan fingerprint density at radius 2 is 2.31 bits per heavy atom. The first-order chi connectivity index (χ1) is 7.77. The lowest BCUT2D eigenvalue weighted by Crippen LogP contribution is -2.28. The van der Waals surface area contributed by atoms with Crippen molar-refractivity contribution in [3.8, 4) is 5.75 Å². The molecule has 0 aliphatic rings. The summed E-state index contributed by atoms with van der Waals surface area (Å²) in [5.74, 6) is 1.48. The van der Waals surface area contributed by atoms with E-state index in [1.54, 1.807) is 20.4 Å². The van der Waals surface area contributed by atoms with E-state index in [0.29, 0.717) is 6.61 Å². The SMILES string of the molecule is COCC(N)CCNc1ncccc1OC. The van der Waals surface area contributed by atoms with Gasteiger partial charge >= 0.3 is 0 Å². The lowest BCUT2D eigenvalue weighted by molar-refractivity contribution is 0.178. The van der Waals surface area contributed by atoms with Crippen molar-refractivity contribution in [2.45, 2.75) is 12.5 Å². The molecule has 1 unspecified atom stereocenters. The van der Waals surface area contributed by atoms with Gasteiger partial charge in [0.25, 0.3) is 0 Å². The number of anilines is 1. The van der Waals surface area contributed by atoms with E-state index in [0.717, 1.165) is 24.5 Å². The number of ether oxygens (including phenoxy) is 2. The number of aromatic nitrogens is 1. The normalized spacial score (nSPS) is 12.2. The Hall–Kier alpha value is -1.33. The standard InChI is InChI=1S/C11H19N3O2/c1-15-8-9(12)5-7-14-11-10(16-2)4-3-6-13-11/h3-4,6,9H,5,7-8,12H2,1-2H3,(H,13,14). The summed E-state index contributed by atoms with van der Waals surface area (Å²) in [6, 6.07) is 3.75. The van der Waals surface area contributed by atoms with Crippen molar-refractivity contribution in [1.82, 2.24) is 4.98 Å². The van der Waals surface area contributed by atoms with Crippen LogP contribution in [-0.2, 0) is 4.74 Å². The molecule has 1 rings (SSSR count). The second-order valence-electron chi connectivity index (χ2n) is 3.49. The minimum atomic E-state index is 0.0483. The number of hydrogen-bond acceptors (Lipinski definition) is 5. The van der Waals surface area contributed by atoms with Gasteiger partial charge in [-0.15, -0.1) is 0 Å². The second kappa shape index (κ2) is 7.03. The molecular formula is C11H19N3O2. The molecule has 3 N–H and O–H groups in total. The van der Waals surface area contributed by atoms with Crippen molar-refractivity contribution in [1.29, 1.82) is 0 Å². The van der Waals surface area contributed by atoms with Crippen LogP contribution in [0.2, 0.25) is 0 Å².